The summed E-state index contributed by atoms with van der Waals surface area (Å²) in [4.78, 5) is 21.6. The predicted molar refractivity (Wildman–Crippen MR) is 44.0 cm³/mol. The van der Waals surface area contributed by atoms with E-state index in [1.165, 1.54) is 14.0 Å². The Bertz CT molecular complexity index is 216. The first-order valence-electron chi connectivity index (χ1n) is 4.12. The molecule has 0 unspecified atom stereocenters. The van der Waals surface area contributed by atoms with E-state index in [0.29, 0.717) is 13.0 Å². The van der Waals surface area contributed by atoms with Gasteiger partial charge in [0.15, 0.2) is 0 Å². The molecule has 1 N–H and O–H groups in total. The zero-order chi connectivity index (χ0) is 9.84. The van der Waals surface area contributed by atoms with Crippen LogP contribution in [0.3, 0.4) is 0 Å². The highest BCUT2D eigenvalue weighted by Crippen LogP contribution is 2.11. The lowest BCUT2D eigenvalue weighted by molar-refractivity contribution is -0.147. The van der Waals surface area contributed by atoms with Gasteiger partial charge in [0.25, 0.3) is 0 Å². The fourth-order valence-corrected chi connectivity index (χ4v) is 1.35. The van der Waals surface area contributed by atoms with E-state index >= 15 is 0 Å². The molecule has 0 amide bonds. The van der Waals surface area contributed by atoms with Crippen LogP contribution in [0, 0.1) is 0 Å². The number of carbonyl (C=O) groups is 2. The Balaban J connectivity index is 2.36. The molecule has 5 nitrogen and oxygen atoms in total. The van der Waals surface area contributed by atoms with Gasteiger partial charge in [0.1, 0.15) is 12.1 Å². The van der Waals surface area contributed by atoms with Crippen molar-refractivity contribution in [2.75, 3.05) is 13.7 Å². The summed E-state index contributed by atoms with van der Waals surface area (Å²) in [6.45, 7) is 1.87. The van der Waals surface area contributed by atoms with E-state index in [0.717, 1.165) is 0 Å². The molecule has 0 radical (unpaired) electrons. The van der Waals surface area contributed by atoms with Gasteiger partial charge in [-0.25, -0.2) is 0 Å². The minimum Gasteiger partial charge on any atom is -0.468 e. The largest absolute Gasteiger partial charge is 0.468 e. The second-order valence-electron chi connectivity index (χ2n) is 2.95. The van der Waals surface area contributed by atoms with Gasteiger partial charge in [0.05, 0.1) is 7.11 Å². The molecule has 0 aromatic rings. The summed E-state index contributed by atoms with van der Waals surface area (Å²) in [5.74, 6) is -0.632. The average molecular weight is 187 g/mol. The Kier molecular flexibility index (Phi) is 3.25. The molecule has 0 saturated carbocycles. The van der Waals surface area contributed by atoms with Crippen LogP contribution in [-0.4, -0.2) is 37.7 Å². The number of hydrogen-bond acceptors (Lipinski definition) is 5. The van der Waals surface area contributed by atoms with Crippen LogP contribution in [0.15, 0.2) is 0 Å². The Morgan fingerprint density at radius 3 is 2.69 bits per heavy atom. The van der Waals surface area contributed by atoms with Crippen molar-refractivity contribution in [2.45, 2.75) is 25.5 Å². The van der Waals surface area contributed by atoms with Gasteiger partial charge in [-0.2, -0.15) is 0 Å². The fourth-order valence-electron chi connectivity index (χ4n) is 1.35. The van der Waals surface area contributed by atoms with Crippen molar-refractivity contribution in [1.29, 1.82) is 0 Å². The highest BCUT2D eigenvalue weighted by Gasteiger charge is 2.31. The molecule has 0 bridgehead atoms. The first-order valence-corrected chi connectivity index (χ1v) is 4.12. The van der Waals surface area contributed by atoms with Crippen molar-refractivity contribution in [3.63, 3.8) is 0 Å². The molecule has 1 fully saturated rings. The number of ether oxygens (including phenoxy) is 2. The van der Waals surface area contributed by atoms with Crippen LogP contribution in [-0.2, 0) is 19.1 Å². The lowest BCUT2D eigenvalue weighted by Gasteiger charge is -2.08. The third-order valence-corrected chi connectivity index (χ3v) is 1.91. The summed E-state index contributed by atoms with van der Waals surface area (Å²) in [5.41, 5.74) is 0. The predicted octanol–water partition coefficient (Wildman–Crippen LogP) is -0.547. The number of carbonyl (C=O) groups excluding carboxylic acids is 2. The van der Waals surface area contributed by atoms with Gasteiger partial charge in [-0.05, 0) is 0 Å². The minimum absolute atomic E-state index is 0.207. The zero-order valence-corrected chi connectivity index (χ0v) is 7.70. The Morgan fingerprint density at radius 1 is 1.46 bits per heavy atom. The van der Waals surface area contributed by atoms with Gasteiger partial charge < -0.3 is 14.8 Å². The van der Waals surface area contributed by atoms with Crippen LogP contribution in [0.2, 0.25) is 0 Å². The lowest BCUT2D eigenvalue weighted by Crippen LogP contribution is -2.31. The van der Waals surface area contributed by atoms with Crippen LogP contribution < -0.4 is 5.32 Å². The molecule has 0 aromatic carbocycles. The molecule has 1 rings (SSSR count). The van der Waals surface area contributed by atoms with Gasteiger partial charge in [-0.15, -0.1) is 0 Å². The highest BCUT2D eigenvalue weighted by molar-refractivity contribution is 5.76. The van der Waals surface area contributed by atoms with Gasteiger partial charge >= 0.3 is 11.9 Å². The molecule has 74 valence electrons. The van der Waals surface area contributed by atoms with Crippen LogP contribution in [0.25, 0.3) is 0 Å². The molecule has 1 heterocycles. The summed E-state index contributed by atoms with van der Waals surface area (Å²) >= 11 is 0. The standard InChI is InChI=1S/C8H13NO4/c1-5(10)13-6-3-7(9-4-6)8(11)12-2/h6-7,9H,3-4H2,1-2H3/t6-,7+/m1/s1. The van der Waals surface area contributed by atoms with Crippen LogP contribution >= 0.6 is 0 Å². The quantitative estimate of drug-likeness (QED) is 0.588. The maximum atomic E-state index is 11.0. The number of hydrogen-bond donors (Lipinski definition) is 1. The SMILES string of the molecule is COC(=O)[C@@H]1C[C@@H](OC(C)=O)CN1. The van der Waals surface area contributed by atoms with Crippen molar-refractivity contribution in [1.82, 2.24) is 5.32 Å². The first kappa shape index (κ1) is 9.98. The van der Waals surface area contributed by atoms with Crippen molar-refractivity contribution >= 4 is 11.9 Å². The van der Waals surface area contributed by atoms with E-state index in [9.17, 15) is 9.59 Å². The van der Waals surface area contributed by atoms with Gasteiger partial charge in [-0.3, -0.25) is 9.59 Å². The van der Waals surface area contributed by atoms with Crippen molar-refractivity contribution < 1.29 is 19.1 Å². The molecule has 5 heteroatoms. The molecule has 1 aliphatic rings. The molecular weight excluding hydrogens is 174 g/mol. The van der Waals surface area contributed by atoms with Crippen molar-refractivity contribution in [3.05, 3.63) is 0 Å². The molecule has 0 aliphatic carbocycles. The number of nitrogens with one attached hydrogen (secondary N) is 1. The fraction of sp³-hybridized carbons (Fsp3) is 0.750. The third-order valence-electron chi connectivity index (χ3n) is 1.91. The minimum atomic E-state index is -0.339. The van der Waals surface area contributed by atoms with E-state index in [1.54, 1.807) is 0 Å². The van der Waals surface area contributed by atoms with E-state index < -0.39 is 0 Å². The first-order chi connectivity index (χ1) is 6.13. The van der Waals surface area contributed by atoms with E-state index in [-0.39, 0.29) is 24.1 Å². The summed E-state index contributed by atoms with van der Waals surface area (Å²) in [6, 6.07) is -0.339. The lowest BCUT2D eigenvalue weighted by atomic mass is 10.2. The van der Waals surface area contributed by atoms with Gasteiger partial charge in [0, 0.05) is 19.9 Å². The summed E-state index contributed by atoms with van der Waals surface area (Å²) < 4.78 is 9.47. The number of methoxy groups -OCH3 is 1. The number of esters is 2. The van der Waals surface area contributed by atoms with Crippen LogP contribution in [0.5, 0.6) is 0 Å². The van der Waals surface area contributed by atoms with E-state index in [2.05, 4.69) is 10.1 Å². The molecule has 13 heavy (non-hydrogen) atoms. The Morgan fingerprint density at radius 2 is 2.15 bits per heavy atom. The summed E-state index contributed by atoms with van der Waals surface area (Å²) in [7, 11) is 1.34. The molecule has 2 atom stereocenters. The highest BCUT2D eigenvalue weighted by atomic mass is 16.5. The smallest absolute Gasteiger partial charge is 0.323 e. The Hall–Kier alpha value is -1.10. The average Bonchev–Trinajstić information content (AvgIpc) is 2.50. The van der Waals surface area contributed by atoms with Gasteiger partial charge in [-0.1, -0.05) is 0 Å². The third kappa shape index (κ3) is 2.69. The molecule has 1 saturated heterocycles. The normalized spacial score (nSPS) is 26.9. The molecule has 0 aromatic heterocycles. The van der Waals surface area contributed by atoms with E-state index in [1.807, 2.05) is 0 Å². The zero-order valence-electron chi connectivity index (χ0n) is 7.70. The summed E-state index contributed by atoms with van der Waals surface area (Å²) in [6.07, 6.45) is 0.285. The monoisotopic (exact) mass is 187 g/mol. The maximum absolute atomic E-state index is 11.0. The van der Waals surface area contributed by atoms with E-state index in [4.69, 9.17) is 4.74 Å². The summed E-state index contributed by atoms with van der Waals surface area (Å²) in [5, 5.41) is 2.91. The molecule has 0 spiro atoms. The maximum Gasteiger partial charge on any atom is 0.323 e. The molecular formula is C8H13NO4. The second kappa shape index (κ2) is 4.23. The Labute approximate surface area is 76.4 Å². The number of rotatable bonds is 2. The van der Waals surface area contributed by atoms with Crippen molar-refractivity contribution in [3.8, 4) is 0 Å². The van der Waals surface area contributed by atoms with Crippen LogP contribution in [0.1, 0.15) is 13.3 Å². The topological polar surface area (TPSA) is 64.6 Å². The van der Waals surface area contributed by atoms with Gasteiger partial charge in [0.2, 0.25) is 0 Å². The van der Waals surface area contributed by atoms with Crippen LogP contribution in [0.4, 0.5) is 0 Å². The van der Waals surface area contributed by atoms with Crippen molar-refractivity contribution in [2.24, 2.45) is 0 Å². The molecule has 1 aliphatic heterocycles. The second-order valence-corrected chi connectivity index (χ2v) is 2.95.